The normalized spacial score (nSPS) is 14.5. The van der Waals surface area contributed by atoms with Crippen molar-refractivity contribution in [2.75, 3.05) is 0 Å². The minimum Gasteiger partial charge on any atom is -0.378 e. The molecule has 71 valence electrons. The van der Waals surface area contributed by atoms with Crippen LogP contribution in [0.15, 0.2) is 30.3 Å². The molecule has 0 aromatic heterocycles. The Bertz CT molecular complexity index is 252. The smallest absolute Gasteiger partial charge is 0.221 e. The van der Waals surface area contributed by atoms with Crippen LogP contribution in [0.2, 0.25) is 0 Å². The van der Waals surface area contributed by atoms with E-state index in [9.17, 15) is 4.57 Å². The quantitative estimate of drug-likeness (QED) is 0.631. The fraction of sp³-hybridized carbons (Fsp3) is 0.143. The van der Waals surface area contributed by atoms with E-state index in [4.69, 9.17) is 10.00 Å². The van der Waals surface area contributed by atoms with E-state index in [1.54, 1.807) is 30.3 Å². The molecule has 2 unspecified atom stereocenters. The fourth-order valence-electron chi connectivity index (χ4n) is 0.778. The third kappa shape index (κ3) is 3.23. The SMILES string of the molecule is O=[PH](O)C(O)c1ccccc1.[Ag]. The van der Waals surface area contributed by atoms with E-state index in [0.29, 0.717) is 5.56 Å². The molecule has 5 heteroatoms. The van der Waals surface area contributed by atoms with Gasteiger partial charge in [-0.15, -0.1) is 0 Å². The van der Waals surface area contributed by atoms with Gasteiger partial charge in [0.2, 0.25) is 8.03 Å². The van der Waals surface area contributed by atoms with E-state index in [1.165, 1.54) is 0 Å². The molecule has 0 saturated carbocycles. The van der Waals surface area contributed by atoms with Crippen LogP contribution in [0.3, 0.4) is 0 Å². The van der Waals surface area contributed by atoms with Crippen molar-refractivity contribution in [1.29, 1.82) is 0 Å². The average molecular weight is 280 g/mol. The molecule has 1 radical (unpaired) electrons. The van der Waals surface area contributed by atoms with Gasteiger partial charge in [-0.1, -0.05) is 30.3 Å². The van der Waals surface area contributed by atoms with Crippen LogP contribution in [0.1, 0.15) is 11.4 Å². The second kappa shape index (κ2) is 5.70. The molecule has 0 fully saturated rings. The van der Waals surface area contributed by atoms with E-state index in [1.807, 2.05) is 0 Å². The Kier molecular flexibility index (Phi) is 5.76. The molecule has 2 atom stereocenters. The predicted octanol–water partition coefficient (Wildman–Crippen LogP) is 1.14. The van der Waals surface area contributed by atoms with E-state index < -0.39 is 13.9 Å². The molecular weight excluding hydrogens is 271 g/mol. The molecule has 0 amide bonds. The molecule has 1 aromatic rings. The van der Waals surface area contributed by atoms with Crippen molar-refractivity contribution in [3.05, 3.63) is 35.9 Å². The zero-order valence-electron chi connectivity index (χ0n) is 6.07. The second-order valence-electron chi connectivity index (χ2n) is 2.15. The summed E-state index contributed by atoms with van der Waals surface area (Å²) < 4.78 is 10.4. The molecular formula is C7H9AgO3P. The molecule has 0 bridgehead atoms. The number of rotatable bonds is 2. The molecule has 12 heavy (non-hydrogen) atoms. The van der Waals surface area contributed by atoms with Crippen LogP contribution in [0, 0.1) is 0 Å². The summed E-state index contributed by atoms with van der Waals surface area (Å²) in [7, 11) is -2.86. The first-order valence-corrected chi connectivity index (χ1v) is 4.61. The van der Waals surface area contributed by atoms with Crippen molar-refractivity contribution < 1.29 is 36.9 Å². The summed E-state index contributed by atoms with van der Waals surface area (Å²) in [6, 6.07) is 8.43. The van der Waals surface area contributed by atoms with Gasteiger partial charge in [0.05, 0.1) is 0 Å². The van der Waals surface area contributed by atoms with Gasteiger partial charge in [0.15, 0.2) is 5.85 Å². The van der Waals surface area contributed by atoms with Crippen molar-refractivity contribution in [2.24, 2.45) is 0 Å². The zero-order valence-corrected chi connectivity index (χ0v) is 8.55. The van der Waals surface area contributed by atoms with Gasteiger partial charge >= 0.3 is 0 Å². The minimum atomic E-state index is -2.86. The summed E-state index contributed by atoms with van der Waals surface area (Å²) in [5, 5.41) is 9.08. The van der Waals surface area contributed by atoms with Crippen LogP contribution < -0.4 is 0 Å². The number of benzene rings is 1. The van der Waals surface area contributed by atoms with Crippen molar-refractivity contribution in [1.82, 2.24) is 0 Å². The minimum absolute atomic E-state index is 0. The number of hydrogen-bond acceptors (Lipinski definition) is 2. The Balaban J connectivity index is 0.00000121. The van der Waals surface area contributed by atoms with Crippen molar-refractivity contribution in [2.45, 2.75) is 5.85 Å². The van der Waals surface area contributed by atoms with Crippen molar-refractivity contribution in [3.63, 3.8) is 0 Å². The molecule has 0 aliphatic rings. The molecule has 1 rings (SSSR count). The van der Waals surface area contributed by atoms with Gasteiger partial charge in [-0.25, -0.2) is 0 Å². The zero-order chi connectivity index (χ0) is 8.27. The maximum absolute atomic E-state index is 10.4. The number of hydrogen-bond donors (Lipinski definition) is 2. The standard InChI is InChI=1S/C7H9O3P.Ag/c8-7(11(9)10)6-4-2-1-3-5-6;/h1-5,7-8,11H,(H,9,10);. The van der Waals surface area contributed by atoms with E-state index in [2.05, 4.69) is 0 Å². The third-order valence-electron chi connectivity index (χ3n) is 1.35. The van der Waals surface area contributed by atoms with Crippen LogP contribution in [0.25, 0.3) is 0 Å². The number of aliphatic hydroxyl groups is 1. The Morgan fingerprint density at radius 1 is 1.25 bits per heavy atom. The van der Waals surface area contributed by atoms with E-state index in [0.717, 1.165) is 0 Å². The van der Waals surface area contributed by atoms with Crippen molar-refractivity contribution >= 4 is 8.03 Å². The molecule has 1 aromatic carbocycles. The van der Waals surface area contributed by atoms with E-state index in [-0.39, 0.29) is 22.4 Å². The van der Waals surface area contributed by atoms with Crippen LogP contribution in [-0.2, 0) is 26.9 Å². The monoisotopic (exact) mass is 279 g/mol. The summed E-state index contributed by atoms with van der Waals surface area (Å²) in [4.78, 5) is 8.57. The van der Waals surface area contributed by atoms with Gasteiger partial charge < -0.3 is 10.00 Å². The first-order chi connectivity index (χ1) is 5.22. The van der Waals surface area contributed by atoms with Gasteiger partial charge in [-0.05, 0) is 5.56 Å². The van der Waals surface area contributed by atoms with Crippen LogP contribution in [0.4, 0.5) is 0 Å². The first-order valence-electron chi connectivity index (χ1n) is 3.17. The predicted molar refractivity (Wildman–Crippen MR) is 42.6 cm³/mol. The van der Waals surface area contributed by atoms with Gasteiger partial charge in [-0.2, -0.15) is 0 Å². The maximum Gasteiger partial charge on any atom is 0.221 e. The van der Waals surface area contributed by atoms with E-state index >= 15 is 0 Å². The molecule has 3 nitrogen and oxygen atoms in total. The summed E-state index contributed by atoms with van der Waals surface area (Å²) >= 11 is 0. The van der Waals surface area contributed by atoms with Crippen LogP contribution >= 0.6 is 8.03 Å². The first kappa shape index (κ1) is 12.1. The fourth-order valence-corrected chi connectivity index (χ4v) is 1.26. The molecule has 0 heterocycles. The van der Waals surface area contributed by atoms with Gasteiger partial charge in [-0.3, -0.25) is 4.57 Å². The van der Waals surface area contributed by atoms with Crippen molar-refractivity contribution in [3.8, 4) is 0 Å². The summed E-state index contributed by atoms with van der Waals surface area (Å²) in [6.45, 7) is 0. The Hall–Kier alpha value is 0.110. The van der Waals surface area contributed by atoms with Crippen LogP contribution in [0.5, 0.6) is 0 Å². The van der Waals surface area contributed by atoms with Crippen LogP contribution in [-0.4, -0.2) is 10.00 Å². The average Bonchev–Trinajstić information content (AvgIpc) is 2.05. The second-order valence-corrected chi connectivity index (χ2v) is 3.37. The summed E-state index contributed by atoms with van der Waals surface area (Å²) in [6.07, 6.45) is 0. The summed E-state index contributed by atoms with van der Waals surface area (Å²) in [5.74, 6) is -1.22. The Morgan fingerprint density at radius 2 is 1.75 bits per heavy atom. The van der Waals surface area contributed by atoms with Gasteiger partial charge in [0.25, 0.3) is 0 Å². The number of aliphatic hydroxyl groups excluding tert-OH is 1. The topological polar surface area (TPSA) is 57.5 Å². The molecule has 2 N–H and O–H groups in total. The summed E-state index contributed by atoms with van der Waals surface area (Å²) in [5.41, 5.74) is 0.485. The Morgan fingerprint density at radius 3 is 2.17 bits per heavy atom. The van der Waals surface area contributed by atoms with Gasteiger partial charge in [0.1, 0.15) is 0 Å². The molecule has 0 saturated heterocycles. The maximum atomic E-state index is 10.4. The van der Waals surface area contributed by atoms with Gasteiger partial charge in [0, 0.05) is 22.4 Å². The molecule has 0 aliphatic carbocycles. The largest absolute Gasteiger partial charge is 0.378 e. The molecule has 0 spiro atoms. The molecule has 0 aliphatic heterocycles. The third-order valence-corrected chi connectivity index (χ3v) is 2.15. The Labute approximate surface area is 86.8 Å².